The number of hydrogen-bond acceptors (Lipinski definition) is 1. The molecule has 0 atom stereocenters. The van der Waals surface area contributed by atoms with Crippen LogP contribution in [-0.2, 0) is 0 Å². The molecule has 2 nitrogen and oxygen atoms in total. The van der Waals surface area contributed by atoms with Crippen molar-refractivity contribution < 1.29 is 4.42 Å². The molecule has 9 aromatic carbocycles. The van der Waals surface area contributed by atoms with Crippen LogP contribution in [0.1, 0.15) is 16.7 Å². The standard InChI is InChI=1S/C57H43NOSi/c1-38-13-8-19-46(31-38)60(47-20-9-14-39(2)32-47,48-21-10-15-40(3)33-48)49-22-12-18-43(35-49)41-16-11-17-42(34-41)44-27-29-56-52(36-44)53-37-45(28-30-57(53)59-56)58-54-25-6-4-23-50(54)51-24-5-7-26-55(51)58/h4-37H,1-3H3. The van der Waals surface area contributed by atoms with Gasteiger partial charge in [-0.05, 0) is 112 Å². The Kier molecular flexibility index (Phi) is 8.54. The molecule has 0 aliphatic carbocycles. The number of aryl methyl sites for hydroxylation is 3. The third-order valence-corrected chi connectivity index (χ3v) is 17.2. The Labute approximate surface area is 351 Å². The summed E-state index contributed by atoms with van der Waals surface area (Å²) in [6, 6.07) is 76.6. The Balaban J connectivity index is 1.04. The van der Waals surface area contributed by atoms with Crippen molar-refractivity contribution in [2.24, 2.45) is 0 Å². The third-order valence-electron chi connectivity index (χ3n) is 12.5. The number of aromatic nitrogens is 1. The zero-order valence-corrected chi connectivity index (χ0v) is 35.0. The minimum Gasteiger partial charge on any atom is -0.456 e. The topological polar surface area (TPSA) is 18.1 Å². The molecule has 0 unspecified atom stereocenters. The van der Waals surface area contributed by atoms with Crippen molar-refractivity contribution in [3.8, 4) is 27.9 Å². The molecule has 0 saturated carbocycles. The van der Waals surface area contributed by atoms with E-state index in [0.717, 1.165) is 33.2 Å². The zero-order valence-electron chi connectivity index (χ0n) is 34.0. The van der Waals surface area contributed by atoms with Gasteiger partial charge in [0.15, 0.2) is 8.07 Å². The molecule has 0 saturated heterocycles. The number of hydrogen-bond donors (Lipinski definition) is 0. The highest BCUT2D eigenvalue weighted by atomic mass is 28.3. The summed E-state index contributed by atoms with van der Waals surface area (Å²) in [6.45, 7) is 6.64. The van der Waals surface area contributed by atoms with Gasteiger partial charge in [0.05, 0.1) is 11.0 Å². The average Bonchev–Trinajstić information content (AvgIpc) is 3.82. The second kappa shape index (κ2) is 14.3. The molecular formula is C57H43NOSi. The zero-order chi connectivity index (χ0) is 40.4. The van der Waals surface area contributed by atoms with Crippen molar-refractivity contribution in [2.75, 3.05) is 0 Å². The number of furan rings is 1. The molecule has 0 fully saturated rings. The first-order chi connectivity index (χ1) is 29.4. The van der Waals surface area contributed by atoms with Crippen LogP contribution >= 0.6 is 0 Å². The SMILES string of the molecule is Cc1cccc([Si](c2cccc(C)c2)(c2cccc(C)c2)c2cccc(-c3cccc(-c4ccc5oc6ccc(-n7c8ccccc8c8ccccc87)cc6c5c4)c3)c2)c1. The van der Waals surface area contributed by atoms with E-state index in [2.05, 4.69) is 232 Å². The highest BCUT2D eigenvalue weighted by Crippen LogP contribution is 2.37. The molecule has 0 radical (unpaired) electrons. The fourth-order valence-corrected chi connectivity index (χ4v) is 14.8. The third kappa shape index (κ3) is 5.85. The Bertz CT molecular complexity index is 3270. The molecule has 0 N–H and O–H groups in total. The van der Waals surface area contributed by atoms with Crippen LogP contribution in [0.3, 0.4) is 0 Å². The smallest absolute Gasteiger partial charge is 0.179 e. The summed E-state index contributed by atoms with van der Waals surface area (Å²) in [6.07, 6.45) is 0. The Morgan fingerprint density at radius 2 is 0.767 bits per heavy atom. The quantitative estimate of drug-likeness (QED) is 0.116. The first-order valence-electron chi connectivity index (χ1n) is 20.8. The lowest BCUT2D eigenvalue weighted by Gasteiger charge is -2.35. The molecule has 0 amide bonds. The molecule has 3 heteroatoms. The fraction of sp³-hybridized carbons (Fsp3) is 0.0526. The molecule has 11 rings (SSSR count). The molecule has 0 aliphatic heterocycles. The summed E-state index contributed by atoms with van der Waals surface area (Å²) in [4.78, 5) is 0. The van der Waals surface area contributed by atoms with Crippen LogP contribution < -0.4 is 20.7 Å². The van der Waals surface area contributed by atoms with Crippen molar-refractivity contribution in [1.29, 1.82) is 0 Å². The predicted molar refractivity (Wildman–Crippen MR) is 257 cm³/mol. The largest absolute Gasteiger partial charge is 0.456 e. The predicted octanol–water partition coefficient (Wildman–Crippen LogP) is 12.3. The maximum Gasteiger partial charge on any atom is 0.179 e. The van der Waals surface area contributed by atoms with Gasteiger partial charge in [0.2, 0.25) is 0 Å². The van der Waals surface area contributed by atoms with Crippen molar-refractivity contribution in [1.82, 2.24) is 4.57 Å². The monoisotopic (exact) mass is 785 g/mol. The lowest BCUT2D eigenvalue weighted by molar-refractivity contribution is 0.669. The second-order valence-electron chi connectivity index (χ2n) is 16.4. The van der Waals surface area contributed by atoms with E-state index in [-0.39, 0.29) is 0 Å². The van der Waals surface area contributed by atoms with Gasteiger partial charge in [-0.3, -0.25) is 0 Å². The summed E-state index contributed by atoms with van der Waals surface area (Å²) in [5.74, 6) is 0. The molecule has 0 spiro atoms. The summed E-state index contributed by atoms with van der Waals surface area (Å²) in [5.41, 5.74) is 13.9. The normalized spacial score (nSPS) is 11.9. The first-order valence-corrected chi connectivity index (χ1v) is 22.8. The van der Waals surface area contributed by atoms with Gasteiger partial charge >= 0.3 is 0 Å². The van der Waals surface area contributed by atoms with Crippen molar-refractivity contribution in [3.63, 3.8) is 0 Å². The van der Waals surface area contributed by atoms with E-state index in [1.807, 2.05) is 0 Å². The van der Waals surface area contributed by atoms with Gasteiger partial charge < -0.3 is 8.98 Å². The van der Waals surface area contributed by atoms with Crippen LogP contribution in [0.5, 0.6) is 0 Å². The minimum atomic E-state index is -2.75. The van der Waals surface area contributed by atoms with Gasteiger partial charge in [-0.1, -0.05) is 174 Å². The van der Waals surface area contributed by atoms with E-state index >= 15 is 0 Å². The Morgan fingerprint density at radius 3 is 1.32 bits per heavy atom. The van der Waals surface area contributed by atoms with Gasteiger partial charge in [-0.2, -0.15) is 0 Å². The maximum absolute atomic E-state index is 6.45. The van der Waals surface area contributed by atoms with E-state index in [9.17, 15) is 0 Å². The van der Waals surface area contributed by atoms with Crippen molar-refractivity contribution >= 4 is 72.6 Å². The van der Waals surface area contributed by atoms with E-state index in [1.165, 1.54) is 75.9 Å². The van der Waals surface area contributed by atoms with Crippen LogP contribution in [0, 0.1) is 20.8 Å². The summed E-state index contributed by atoms with van der Waals surface area (Å²) in [5, 5.41) is 10.3. The van der Waals surface area contributed by atoms with Crippen LogP contribution in [0.2, 0.25) is 0 Å². The van der Waals surface area contributed by atoms with E-state index in [4.69, 9.17) is 4.42 Å². The summed E-state index contributed by atoms with van der Waals surface area (Å²) in [7, 11) is -2.75. The molecule has 2 aromatic heterocycles. The van der Waals surface area contributed by atoms with Gasteiger partial charge in [0.1, 0.15) is 11.2 Å². The van der Waals surface area contributed by atoms with E-state index in [1.54, 1.807) is 0 Å². The van der Waals surface area contributed by atoms with Crippen molar-refractivity contribution in [2.45, 2.75) is 20.8 Å². The first kappa shape index (κ1) is 35.9. The Hall–Kier alpha value is -7.20. The molecule has 0 bridgehead atoms. The number of para-hydroxylation sites is 2. The molecule has 2 heterocycles. The molecule has 0 aliphatic rings. The van der Waals surface area contributed by atoms with Crippen molar-refractivity contribution in [3.05, 3.63) is 223 Å². The Morgan fingerprint density at radius 1 is 0.333 bits per heavy atom. The number of fused-ring (bicyclic) bond motifs is 6. The molecule has 60 heavy (non-hydrogen) atoms. The summed E-state index contributed by atoms with van der Waals surface area (Å²) < 4.78 is 8.83. The van der Waals surface area contributed by atoms with Crippen LogP contribution in [-0.4, -0.2) is 12.6 Å². The molecule has 286 valence electrons. The molecular weight excluding hydrogens is 743 g/mol. The fourth-order valence-electron chi connectivity index (χ4n) is 9.73. The van der Waals surface area contributed by atoms with Crippen LogP contribution in [0.15, 0.2) is 211 Å². The average molecular weight is 786 g/mol. The number of rotatable bonds is 7. The maximum atomic E-state index is 6.45. The lowest BCUT2D eigenvalue weighted by Crippen LogP contribution is -2.74. The summed E-state index contributed by atoms with van der Waals surface area (Å²) >= 11 is 0. The van der Waals surface area contributed by atoms with Crippen LogP contribution in [0.4, 0.5) is 0 Å². The minimum absolute atomic E-state index is 0.890. The van der Waals surface area contributed by atoms with Gasteiger partial charge in [0.25, 0.3) is 0 Å². The number of benzene rings is 9. The number of nitrogens with zero attached hydrogens (tertiary/aromatic N) is 1. The van der Waals surface area contributed by atoms with E-state index < -0.39 is 8.07 Å². The highest BCUT2D eigenvalue weighted by Gasteiger charge is 2.42. The van der Waals surface area contributed by atoms with E-state index in [0.29, 0.717) is 0 Å². The van der Waals surface area contributed by atoms with Gasteiger partial charge in [0, 0.05) is 27.2 Å². The van der Waals surface area contributed by atoms with Gasteiger partial charge in [-0.25, -0.2) is 0 Å². The van der Waals surface area contributed by atoms with Gasteiger partial charge in [-0.15, -0.1) is 0 Å². The van der Waals surface area contributed by atoms with Crippen LogP contribution in [0.25, 0.3) is 71.7 Å². The lowest BCUT2D eigenvalue weighted by atomic mass is 9.98. The highest BCUT2D eigenvalue weighted by molar-refractivity contribution is 7.20. The second-order valence-corrected chi connectivity index (χ2v) is 20.2. The molecule has 11 aromatic rings.